The van der Waals surface area contributed by atoms with Crippen LogP contribution in [0.2, 0.25) is 0 Å². The Morgan fingerprint density at radius 1 is 1.47 bits per heavy atom. The summed E-state index contributed by atoms with van der Waals surface area (Å²) < 4.78 is 10.0. The molecule has 0 atom stereocenters. The highest BCUT2D eigenvalue weighted by Gasteiger charge is 2.09. The first-order valence-corrected chi connectivity index (χ1v) is 5.49. The molecule has 1 aliphatic heterocycles. The van der Waals surface area contributed by atoms with Crippen molar-refractivity contribution >= 4 is 5.97 Å². The zero-order chi connectivity index (χ0) is 10.9. The number of esters is 1. The third-order valence-corrected chi connectivity index (χ3v) is 2.28. The quantitative estimate of drug-likeness (QED) is 0.478. The second kappa shape index (κ2) is 7.62. The second-order valence-corrected chi connectivity index (χ2v) is 3.44. The highest BCUT2D eigenvalue weighted by Crippen LogP contribution is 1.94. The predicted octanol–water partition coefficient (Wildman–Crippen LogP) is -0.529. The molecule has 1 N–H and O–H groups in total. The van der Waals surface area contributed by atoms with E-state index in [0.29, 0.717) is 13.2 Å². The van der Waals surface area contributed by atoms with Gasteiger partial charge in [-0.25, -0.2) is 0 Å². The predicted molar refractivity (Wildman–Crippen MR) is 56.8 cm³/mol. The lowest BCUT2D eigenvalue weighted by Crippen LogP contribution is -2.41. The molecule has 1 aliphatic rings. The van der Waals surface area contributed by atoms with Crippen molar-refractivity contribution in [3.05, 3.63) is 0 Å². The van der Waals surface area contributed by atoms with Gasteiger partial charge in [-0.3, -0.25) is 9.69 Å². The summed E-state index contributed by atoms with van der Waals surface area (Å²) in [7, 11) is 0. The van der Waals surface area contributed by atoms with Crippen molar-refractivity contribution in [3.8, 4) is 0 Å². The molecular formula is C10H20N2O3. The third-order valence-electron chi connectivity index (χ3n) is 2.28. The molecule has 15 heavy (non-hydrogen) atoms. The van der Waals surface area contributed by atoms with E-state index in [9.17, 15) is 4.79 Å². The summed E-state index contributed by atoms with van der Waals surface area (Å²) in [4.78, 5) is 13.3. The first kappa shape index (κ1) is 12.4. The summed E-state index contributed by atoms with van der Waals surface area (Å²) in [6, 6.07) is 0. The van der Waals surface area contributed by atoms with Crippen LogP contribution in [0.5, 0.6) is 0 Å². The van der Waals surface area contributed by atoms with Gasteiger partial charge in [-0.05, 0) is 6.92 Å². The lowest BCUT2D eigenvalue weighted by molar-refractivity contribution is -0.142. The Balaban J connectivity index is 1.93. The maximum atomic E-state index is 11.0. The molecular weight excluding hydrogens is 196 g/mol. The molecule has 0 unspecified atom stereocenters. The first-order valence-electron chi connectivity index (χ1n) is 5.49. The Labute approximate surface area is 90.7 Å². The van der Waals surface area contributed by atoms with Crippen LogP contribution < -0.4 is 5.32 Å². The Morgan fingerprint density at radius 3 is 2.87 bits per heavy atom. The number of morpholine rings is 1. The minimum atomic E-state index is -0.181. The Morgan fingerprint density at radius 2 is 2.20 bits per heavy atom. The van der Waals surface area contributed by atoms with E-state index in [1.165, 1.54) is 0 Å². The average Bonchev–Trinajstić information content (AvgIpc) is 2.26. The Hall–Kier alpha value is -0.650. The van der Waals surface area contributed by atoms with E-state index >= 15 is 0 Å². The molecule has 0 bridgehead atoms. The highest BCUT2D eigenvalue weighted by atomic mass is 16.5. The van der Waals surface area contributed by atoms with Crippen LogP contribution in [-0.4, -0.2) is 63.4 Å². The van der Waals surface area contributed by atoms with Gasteiger partial charge in [-0.1, -0.05) is 0 Å². The molecule has 1 rings (SSSR count). The van der Waals surface area contributed by atoms with Crippen LogP contribution in [0, 0.1) is 0 Å². The fourth-order valence-electron chi connectivity index (χ4n) is 1.46. The fourth-order valence-corrected chi connectivity index (χ4v) is 1.46. The van der Waals surface area contributed by atoms with Gasteiger partial charge >= 0.3 is 5.97 Å². The molecule has 0 aromatic rings. The molecule has 1 heterocycles. The number of hydrogen-bond donors (Lipinski definition) is 1. The first-order chi connectivity index (χ1) is 7.33. The molecule has 0 amide bonds. The number of ether oxygens (including phenoxy) is 2. The largest absolute Gasteiger partial charge is 0.465 e. The molecule has 0 aromatic carbocycles. The van der Waals surface area contributed by atoms with Crippen molar-refractivity contribution in [2.45, 2.75) is 6.92 Å². The fraction of sp³-hybridized carbons (Fsp3) is 0.900. The van der Waals surface area contributed by atoms with E-state index in [4.69, 9.17) is 9.47 Å². The minimum absolute atomic E-state index is 0.181. The van der Waals surface area contributed by atoms with Gasteiger partial charge in [0.2, 0.25) is 0 Å². The SMILES string of the molecule is CCOC(=O)CNCCN1CCOCC1. The molecule has 5 nitrogen and oxygen atoms in total. The third kappa shape index (κ3) is 5.71. The van der Waals surface area contributed by atoms with Crippen molar-refractivity contribution in [1.82, 2.24) is 10.2 Å². The maximum absolute atomic E-state index is 11.0. The Bertz CT molecular complexity index is 182. The van der Waals surface area contributed by atoms with Crippen LogP contribution in [0.4, 0.5) is 0 Å². The standard InChI is InChI=1S/C10H20N2O3/c1-2-15-10(13)9-11-3-4-12-5-7-14-8-6-12/h11H,2-9H2,1H3. The van der Waals surface area contributed by atoms with Gasteiger partial charge in [0.25, 0.3) is 0 Å². The van der Waals surface area contributed by atoms with Crippen LogP contribution in [0.1, 0.15) is 6.92 Å². The van der Waals surface area contributed by atoms with Gasteiger partial charge in [0, 0.05) is 26.2 Å². The van der Waals surface area contributed by atoms with Gasteiger partial charge in [-0.2, -0.15) is 0 Å². The lowest BCUT2D eigenvalue weighted by Gasteiger charge is -2.26. The maximum Gasteiger partial charge on any atom is 0.319 e. The summed E-state index contributed by atoms with van der Waals surface area (Å²) in [6.07, 6.45) is 0. The molecule has 5 heteroatoms. The van der Waals surface area contributed by atoms with Gasteiger partial charge in [0.05, 0.1) is 26.4 Å². The monoisotopic (exact) mass is 216 g/mol. The van der Waals surface area contributed by atoms with E-state index in [0.717, 1.165) is 39.4 Å². The molecule has 88 valence electrons. The molecule has 1 fully saturated rings. The van der Waals surface area contributed by atoms with Crippen LogP contribution >= 0.6 is 0 Å². The number of carbonyl (C=O) groups is 1. The normalized spacial score (nSPS) is 17.7. The van der Waals surface area contributed by atoms with E-state index in [1.807, 2.05) is 6.92 Å². The zero-order valence-corrected chi connectivity index (χ0v) is 9.33. The van der Waals surface area contributed by atoms with Gasteiger partial charge < -0.3 is 14.8 Å². The Kier molecular flexibility index (Phi) is 6.31. The topological polar surface area (TPSA) is 50.8 Å². The van der Waals surface area contributed by atoms with Crippen LogP contribution in [0.15, 0.2) is 0 Å². The van der Waals surface area contributed by atoms with Crippen molar-refractivity contribution in [1.29, 1.82) is 0 Å². The number of hydrogen-bond acceptors (Lipinski definition) is 5. The number of nitrogens with one attached hydrogen (secondary N) is 1. The van der Waals surface area contributed by atoms with E-state index in [2.05, 4.69) is 10.2 Å². The zero-order valence-electron chi connectivity index (χ0n) is 9.33. The molecule has 0 aliphatic carbocycles. The average molecular weight is 216 g/mol. The molecule has 1 saturated heterocycles. The minimum Gasteiger partial charge on any atom is -0.465 e. The smallest absolute Gasteiger partial charge is 0.319 e. The van der Waals surface area contributed by atoms with Gasteiger partial charge in [-0.15, -0.1) is 0 Å². The molecule has 0 spiro atoms. The van der Waals surface area contributed by atoms with Crippen LogP contribution in [0.25, 0.3) is 0 Å². The van der Waals surface area contributed by atoms with Gasteiger partial charge in [0.1, 0.15) is 0 Å². The van der Waals surface area contributed by atoms with Crippen molar-refractivity contribution < 1.29 is 14.3 Å². The summed E-state index contributed by atoms with van der Waals surface area (Å²) in [5, 5.41) is 3.06. The summed E-state index contributed by atoms with van der Waals surface area (Å²) in [5.41, 5.74) is 0. The van der Waals surface area contributed by atoms with E-state index in [1.54, 1.807) is 0 Å². The van der Waals surface area contributed by atoms with Crippen molar-refractivity contribution in [2.24, 2.45) is 0 Å². The van der Waals surface area contributed by atoms with Gasteiger partial charge in [0.15, 0.2) is 0 Å². The van der Waals surface area contributed by atoms with Crippen molar-refractivity contribution in [2.75, 3.05) is 52.5 Å². The summed E-state index contributed by atoms with van der Waals surface area (Å²) >= 11 is 0. The van der Waals surface area contributed by atoms with Crippen LogP contribution in [0.3, 0.4) is 0 Å². The molecule has 0 aromatic heterocycles. The molecule has 0 radical (unpaired) electrons. The van der Waals surface area contributed by atoms with E-state index in [-0.39, 0.29) is 5.97 Å². The molecule has 0 saturated carbocycles. The van der Waals surface area contributed by atoms with Crippen molar-refractivity contribution in [3.63, 3.8) is 0 Å². The highest BCUT2D eigenvalue weighted by molar-refractivity contribution is 5.71. The lowest BCUT2D eigenvalue weighted by atomic mass is 10.4. The summed E-state index contributed by atoms with van der Waals surface area (Å²) in [5.74, 6) is -0.181. The number of nitrogens with zero attached hydrogens (tertiary/aromatic N) is 1. The number of carbonyl (C=O) groups excluding carboxylic acids is 1. The van der Waals surface area contributed by atoms with E-state index < -0.39 is 0 Å². The second-order valence-electron chi connectivity index (χ2n) is 3.44. The number of rotatable bonds is 6. The summed E-state index contributed by atoms with van der Waals surface area (Å²) in [6.45, 7) is 7.95. The van der Waals surface area contributed by atoms with Crippen LogP contribution in [-0.2, 0) is 14.3 Å².